The number of aromatic amines is 1. The van der Waals surface area contributed by atoms with Gasteiger partial charge in [-0.3, -0.25) is 4.90 Å². The van der Waals surface area contributed by atoms with Gasteiger partial charge in [-0.15, -0.1) is 11.3 Å². The number of thiophene rings is 1. The Morgan fingerprint density at radius 3 is 3.31 bits per heavy atom. The lowest BCUT2D eigenvalue weighted by molar-refractivity contribution is 0.246. The van der Waals surface area contributed by atoms with E-state index in [4.69, 9.17) is 0 Å². The molecule has 2 aromatic rings. The van der Waals surface area contributed by atoms with Crippen LogP contribution in [-0.4, -0.2) is 21.4 Å². The Morgan fingerprint density at radius 1 is 1.56 bits per heavy atom. The summed E-state index contributed by atoms with van der Waals surface area (Å²) in [6, 6.07) is 2.26. The molecule has 1 N–H and O–H groups in total. The van der Waals surface area contributed by atoms with Gasteiger partial charge >= 0.3 is 0 Å². The number of aryl methyl sites for hydroxylation is 1. The summed E-state index contributed by atoms with van der Waals surface area (Å²) >= 11 is 1.88. The second-order valence-electron chi connectivity index (χ2n) is 4.31. The van der Waals surface area contributed by atoms with Crippen LogP contribution in [0.15, 0.2) is 17.6 Å². The largest absolute Gasteiger partial charge is 0.348 e. The van der Waals surface area contributed by atoms with E-state index < -0.39 is 0 Å². The number of nitrogens with one attached hydrogen (secondary N) is 1. The molecule has 0 saturated heterocycles. The van der Waals surface area contributed by atoms with Crippen LogP contribution in [-0.2, 0) is 19.5 Å². The van der Waals surface area contributed by atoms with Crippen molar-refractivity contribution in [1.82, 2.24) is 14.9 Å². The predicted octanol–water partition coefficient (Wildman–Crippen LogP) is 2.34. The smallest absolute Gasteiger partial charge is 0.103 e. The number of hydrogen-bond donors (Lipinski definition) is 1. The Morgan fingerprint density at radius 2 is 2.50 bits per heavy atom. The van der Waals surface area contributed by atoms with Gasteiger partial charge in [0.05, 0.1) is 5.69 Å². The zero-order chi connectivity index (χ0) is 11.0. The highest BCUT2D eigenvalue weighted by molar-refractivity contribution is 7.10. The molecule has 0 unspecified atom stereocenters. The van der Waals surface area contributed by atoms with Crippen LogP contribution in [0.1, 0.15) is 22.0 Å². The van der Waals surface area contributed by atoms with Crippen LogP contribution in [0.5, 0.6) is 0 Å². The first kappa shape index (κ1) is 10.1. The maximum Gasteiger partial charge on any atom is 0.103 e. The minimum Gasteiger partial charge on any atom is -0.348 e. The van der Waals surface area contributed by atoms with E-state index in [9.17, 15) is 0 Å². The third-order valence-electron chi connectivity index (χ3n) is 3.05. The van der Waals surface area contributed by atoms with E-state index in [2.05, 4.69) is 26.3 Å². The van der Waals surface area contributed by atoms with Crippen molar-refractivity contribution < 1.29 is 0 Å². The first-order chi connectivity index (χ1) is 7.81. The van der Waals surface area contributed by atoms with Crippen molar-refractivity contribution in [2.75, 3.05) is 6.54 Å². The summed E-state index contributed by atoms with van der Waals surface area (Å²) in [4.78, 5) is 11.6. The number of H-pyrrole nitrogens is 1. The minimum atomic E-state index is 0.960. The van der Waals surface area contributed by atoms with Gasteiger partial charge in [-0.05, 0) is 30.4 Å². The molecule has 3 rings (SSSR count). The monoisotopic (exact) mass is 233 g/mol. The van der Waals surface area contributed by atoms with Crippen molar-refractivity contribution in [1.29, 1.82) is 0 Å². The lowest BCUT2D eigenvalue weighted by Gasteiger charge is -2.25. The molecular weight excluding hydrogens is 218 g/mol. The Labute approximate surface area is 99.1 Å². The highest BCUT2D eigenvalue weighted by Gasteiger charge is 2.17. The zero-order valence-electron chi connectivity index (χ0n) is 9.36. The molecule has 84 valence electrons. The number of rotatable bonds is 2. The Balaban J connectivity index is 1.70. The maximum absolute atomic E-state index is 4.45. The molecule has 0 radical (unpaired) electrons. The standard InChI is InChI=1S/C12H15N3S/c1-9-13-6-11(14-9)7-15-4-2-10-3-5-16-12(10)8-15/h3,5-6H,2,4,7-8H2,1H3,(H,13,14). The van der Waals surface area contributed by atoms with Gasteiger partial charge in [-0.1, -0.05) is 0 Å². The average molecular weight is 233 g/mol. The Kier molecular flexibility index (Phi) is 2.53. The van der Waals surface area contributed by atoms with Gasteiger partial charge in [0, 0.05) is 30.7 Å². The summed E-state index contributed by atoms with van der Waals surface area (Å²) < 4.78 is 0. The lowest BCUT2D eigenvalue weighted by Crippen LogP contribution is -2.29. The van der Waals surface area contributed by atoms with Crippen LogP contribution in [0.4, 0.5) is 0 Å². The molecule has 4 heteroatoms. The molecular formula is C12H15N3S. The van der Waals surface area contributed by atoms with Crippen LogP contribution in [0.2, 0.25) is 0 Å². The molecule has 0 fully saturated rings. The van der Waals surface area contributed by atoms with Gasteiger partial charge in [-0.25, -0.2) is 4.98 Å². The molecule has 3 heterocycles. The second kappa shape index (κ2) is 4.03. The molecule has 0 amide bonds. The van der Waals surface area contributed by atoms with Gasteiger partial charge < -0.3 is 4.98 Å². The summed E-state index contributed by atoms with van der Waals surface area (Å²) in [5.41, 5.74) is 2.69. The van der Waals surface area contributed by atoms with Crippen molar-refractivity contribution in [3.63, 3.8) is 0 Å². The summed E-state index contributed by atoms with van der Waals surface area (Å²) in [5.74, 6) is 1.00. The van der Waals surface area contributed by atoms with Gasteiger partial charge in [-0.2, -0.15) is 0 Å². The summed E-state index contributed by atoms with van der Waals surface area (Å²) in [6.45, 7) is 5.19. The lowest BCUT2D eigenvalue weighted by atomic mass is 10.1. The molecule has 2 aromatic heterocycles. The molecule has 16 heavy (non-hydrogen) atoms. The fraction of sp³-hybridized carbons (Fsp3) is 0.417. The molecule has 0 aromatic carbocycles. The quantitative estimate of drug-likeness (QED) is 0.863. The molecule has 0 bridgehead atoms. The van der Waals surface area contributed by atoms with E-state index >= 15 is 0 Å². The van der Waals surface area contributed by atoms with E-state index in [-0.39, 0.29) is 0 Å². The molecule has 0 saturated carbocycles. The Hall–Kier alpha value is -1.13. The number of fused-ring (bicyclic) bond motifs is 1. The van der Waals surface area contributed by atoms with Crippen molar-refractivity contribution in [3.05, 3.63) is 39.6 Å². The van der Waals surface area contributed by atoms with E-state index in [0.717, 1.165) is 31.2 Å². The summed E-state index contributed by atoms with van der Waals surface area (Å²) in [5, 5.41) is 2.20. The fourth-order valence-corrected chi connectivity index (χ4v) is 3.18. The van der Waals surface area contributed by atoms with Crippen LogP contribution in [0, 0.1) is 6.92 Å². The maximum atomic E-state index is 4.45. The minimum absolute atomic E-state index is 0.960. The van der Waals surface area contributed by atoms with E-state index in [1.54, 1.807) is 5.56 Å². The van der Waals surface area contributed by atoms with E-state index in [1.807, 2.05) is 24.5 Å². The highest BCUT2D eigenvalue weighted by Crippen LogP contribution is 2.24. The molecule has 1 aliphatic heterocycles. The number of nitrogens with zero attached hydrogens (tertiary/aromatic N) is 2. The fourth-order valence-electron chi connectivity index (χ4n) is 2.20. The van der Waals surface area contributed by atoms with Crippen molar-refractivity contribution in [2.45, 2.75) is 26.4 Å². The van der Waals surface area contributed by atoms with E-state index in [1.165, 1.54) is 11.3 Å². The van der Waals surface area contributed by atoms with Gasteiger partial charge in [0.1, 0.15) is 5.82 Å². The van der Waals surface area contributed by atoms with Gasteiger partial charge in [0.2, 0.25) is 0 Å². The van der Waals surface area contributed by atoms with Crippen molar-refractivity contribution in [3.8, 4) is 0 Å². The van der Waals surface area contributed by atoms with E-state index in [0.29, 0.717) is 0 Å². The van der Waals surface area contributed by atoms with Crippen LogP contribution >= 0.6 is 11.3 Å². The number of hydrogen-bond acceptors (Lipinski definition) is 3. The second-order valence-corrected chi connectivity index (χ2v) is 5.31. The van der Waals surface area contributed by atoms with Gasteiger partial charge in [0.15, 0.2) is 0 Å². The van der Waals surface area contributed by atoms with Crippen LogP contribution < -0.4 is 0 Å². The van der Waals surface area contributed by atoms with Crippen molar-refractivity contribution in [2.24, 2.45) is 0 Å². The summed E-state index contributed by atoms with van der Waals surface area (Å²) in [6.07, 6.45) is 3.20. The normalized spacial score (nSPS) is 16.3. The van der Waals surface area contributed by atoms with Crippen LogP contribution in [0.25, 0.3) is 0 Å². The third kappa shape index (κ3) is 1.90. The predicted molar refractivity (Wildman–Crippen MR) is 65.5 cm³/mol. The first-order valence-electron chi connectivity index (χ1n) is 5.60. The topological polar surface area (TPSA) is 31.9 Å². The molecule has 0 aliphatic carbocycles. The van der Waals surface area contributed by atoms with Crippen LogP contribution in [0.3, 0.4) is 0 Å². The first-order valence-corrected chi connectivity index (χ1v) is 6.48. The van der Waals surface area contributed by atoms with Gasteiger partial charge in [0.25, 0.3) is 0 Å². The molecule has 0 spiro atoms. The molecule has 3 nitrogen and oxygen atoms in total. The number of imidazole rings is 1. The number of aromatic nitrogens is 2. The Bertz CT molecular complexity index is 486. The molecule has 0 atom stereocenters. The molecule has 1 aliphatic rings. The zero-order valence-corrected chi connectivity index (χ0v) is 10.2. The SMILES string of the molecule is Cc1nc(CN2CCc3ccsc3C2)c[nH]1. The summed E-state index contributed by atoms with van der Waals surface area (Å²) in [7, 11) is 0. The highest BCUT2D eigenvalue weighted by atomic mass is 32.1. The average Bonchev–Trinajstić information content (AvgIpc) is 2.87. The van der Waals surface area contributed by atoms with Crippen molar-refractivity contribution >= 4 is 11.3 Å². The third-order valence-corrected chi connectivity index (χ3v) is 3.99.